The number of amides is 1. The van der Waals surface area contributed by atoms with E-state index in [-0.39, 0.29) is 12.6 Å². The summed E-state index contributed by atoms with van der Waals surface area (Å²) in [6, 6.07) is 6.73. The Morgan fingerprint density at radius 1 is 0.833 bits per heavy atom. The van der Waals surface area contributed by atoms with Crippen LogP contribution in [-0.4, -0.2) is 22.2 Å². The Kier molecular flexibility index (Phi) is 16.4. The van der Waals surface area contributed by atoms with Gasteiger partial charge in [-0.05, 0) is 30.7 Å². The molecule has 1 heterocycles. The van der Waals surface area contributed by atoms with Gasteiger partial charge in [-0.2, -0.15) is 5.10 Å². The van der Waals surface area contributed by atoms with E-state index >= 15 is 0 Å². The molecule has 7 heteroatoms. The monoisotopic (exact) mass is 537 g/mol. The lowest BCUT2D eigenvalue weighted by molar-refractivity contribution is 0.0946. The predicted octanol–water partition coefficient (Wildman–Crippen LogP) is 9.22. The van der Waals surface area contributed by atoms with Gasteiger partial charge in [0.2, 0.25) is 0 Å². The summed E-state index contributed by atoms with van der Waals surface area (Å²) in [5.41, 5.74) is 0.386. The molecule has 0 atom stereocenters. The number of hydrogen-bond acceptors (Lipinski definition) is 3. The molecule has 202 valence electrons. The van der Waals surface area contributed by atoms with Crippen molar-refractivity contribution in [2.24, 2.45) is 0 Å². The van der Waals surface area contributed by atoms with Gasteiger partial charge in [-0.25, -0.2) is 4.68 Å². The lowest BCUT2D eigenvalue weighted by Gasteiger charge is -2.08. The smallest absolute Gasteiger partial charge is 0.271 e. The second-order valence-electron chi connectivity index (χ2n) is 9.65. The van der Waals surface area contributed by atoms with E-state index in [1.807, 2.05) is 0 Å². The third-order valence-electron chi connectivity index (χ3n) is 6.44. The van der Waals surface area contributed by atoms with Gasteiger partial charge in [0.05, 0.1) is 5.02 Å². The number of carbonyl (C=O) groups is 1. The highest BCUT2D eigenvalue weighted by Gasteiger charge is 2.09. The fourth-order valence-corrected chi connectivity index (χ4v) is 4.71. The minimum Gasteiger partial charge on any atom is -0.470 e. The lowest BCUT2D eigenvalue weighted by atomic mass is 10.0. The van der Waals surface area contributed by atoms with Crippen molar-refractivity contribution in [2.45, 2.75) is 116 Å². The number of carbonyl (C=O) groups excluding carboxylic acids is 1. The van der Waals surface area contributed by atoms with Crippen molar-refractivity contribution >= 4 is 29.1 Å². The molecule has 0 radical (unpaired) electrons. The summed E-state index contributed by atoms with van der Waals surface area (Å²) in [7, 11) is 0. The number of rotatable bonds is 21. The minimum absolute atomic E-state index is 0.153. The Hall–Kier alpha value is -1.72. The predicted molar refractivity (Wildman–Crippen MR) is 151 cm³/mol. The first-order chi connectivity index (χ1) is 17.6. The molecule has 1 amide bonds. The van der Waals surface area contributed by atoms with E-state index < -0.39 is 0 Å². The van der Waals surface area contributed by atoms with Crippen molar-refractivity contribution in [3.63, 3.8) is 0 Å². The topological polar surface area (TPSA) is 56.2 Å². The molecule has 0 fully saturated rings. The first-order valence-corrected chi connectivity index (χ1v) is 14.7. The van der Waals surface area contributed by atoms with Gasteiger partial charge in [-0.3, -0.25) is 4.79 Å². The van der Waals surface area contributed by atoms with E-state index in [0.717, 1.165) is 12.8 Å². The molecule has 0 bridgehead atoms. The number of nitrogens with zero attached hydrogens (tertiary/aromatic N) is 2. The quantitative estimate of drug-likeness (QED) is 0.161. The fourth-order valence-electron chi connectivity index (χ4n) is 4.25. The number of ether oxygens (including phenoxy) is 1. The van der Waals surface area contributed by atoms with Crippen LogP contribution < -0.4 is 10.1 Å². The van der Waals surface area contributed by atoms with Crippen molar-refractivity contribution < 1.29 is 9.53 Å². The first-order valence-electron chi connectivity index (χ1n) is 14.0. The van der Waals surface area contributed by atoms with Crippen LogP contribution in [-0.2, 0) is 6.73 Å². The lowest BCUT2D eigenvalue weighted by Crippen LogP contribution is -2.25. The van der Waals surface area contributed by atoms with Crippen LogP contribution in [0.1, 0.15) is 120 Å². The highest BCUT2D eigenvalue weighted by atomic mass is 35.5. The van der Waals surface area contributed by atoms with Gasteiger partial charge in [0, 0.05) is 17.8 Å². The van der Waals surface area contributed by atoms with Crippen LogP contribution >= 0.6 is 23.2 Å². The van der Waals surface area contributed by atoms with Gasteiger partial charge >= 0.3 is 0 Å². The van der Waals surface area contributed by atoms with Gasteiger partial charge in [0.25, 0.3) is 5.91 Å². The van der Waals surface area contributed by atoms with Crippen LogP contribution in [0.5, 0.6) is 5.75 Å². The van der Waals surface area contributed by atoms with Gasteiger partial charge < -0.3 is 10.1 Å². The Morgan fingerprint density at radius 3 is 1.94 bits per heavy atom. The summed E-state index contributed by atoms with van der Waals surface area (Å²) in [6.45, 7) is 3.12. The van der Waals surface area contributed by atoms with Gasteiger partial charge in [-0.1, -0.05) is 126 Å². The summed E-state index contributed by atoms with van der Waals surface area (Å²) < 4.78 is 7.21. The zero-order valence-corrected chi connectivity index (χ0v) is 23.6. The molecule has 0 spiro atoms. The van der Waals surface area contributed by atoms with E-state index in [4.69, 9.17) is 27.9 Å². The molecule has 0 aliphatic rings. The number of halogens is 2. The van der Waals surface area contributed by atoms with E-state index in [0.29, 0.717) is 28.0 Å². The van der Waals surface area contributed by atoms with Crippen molar-refractivity contribution in [1.29, 1.82) is 0 Å². The normalized spacial score (nSPS) is 11.1. The van der Waals surface area contributed by atoms with Crippen LogP contribution in [0.2, 0.25) is 10.0 Å². The van der Waals surface area contributed by atoms with Crippen LogP contribution in [0.25, 0.3) is 0 Å². The average molecular weight is 539 g/mol. The molecule has 1 aromatic carbocycles. The Balaban J connectivity index is 1.41. The van der Waals surface area contributed by atoms with Crippen LogP contribution in [0.4, 0.5) is 0 Å². The van der Waals surface area contributed by atoms with Gasteiger partial charge in [-0.15, -0.1) is 0 Å². The van der Waals surface area contributed by atoms with Crippen LogP contribution in [0.15, 0.2) is 30.5 Å². The molecule has 0 saturated carbocycles. The summed E-state index contributed by atoms with van der Waals surface area (Å²) in [4.78, 5) is 12.3. The van der Waals surface area contributed by atoms with Gasteiger partial charge in [0.15, 0.2) is 6.73 Å². The number of nitrogens with one attached hydrogen (secondary N) is 1. The molecule has 2 rings (SSSR count). The Bertz CT molecular complexity index is 857. The molecule has 5 nitrogen and oxygen atoms in total. The second-order valence-corrected chi connectivity index (χ2v) is 10.5. The first kappa shape index (κ1) is 30.5. The number of aromatic nitrogens is 2. The van der Waals surface area contributed by atoms with Crippen molar-refractivity contribution in [3.8, 4) is 5.75 Å². The van der Waals surface area contributed by atoms with E-state index in [1.54, 1.807) is 35.1 Å². The Morgan fingerprint density at radius 2 is 1.39 bits per heavy atom. The molecule has 1 N–H and O–H groups in total. The van der Waals surface area contributed by atoms with Crippen molar-refractivity contribution in [1.82, 2.24) is 15.1 Å². The maximum absolute atomic E-state index is 12.3. The molecule has 0 unspecified atom stereocenters. The molecule has 0 aliphatic carbocycles. The third-order valence-corrected chi connectivity index (χ3v) is 6.97. The maximum Gasteiger partial charge on any atom is 0.271 e. The maximum atomic E-state index is 12.3. The molecular weight excluding hydrogens is 493 g/mol. The molecular formula is C29H45Cl2N3O2. The fraction of sp³-hybridized carbons (Fsp3) is 0.655. The summed E-state index contributed by atoms with van der Waals surface area (Å²) in [5.74, 6) is 0.366. The number of benzene rings is 1. The number of unbranched alkanes of at least 4 members (excludes halogenated alkanes) is 15. The molecule has 2 aromatic rings. The Labute approximate surface area is 228 Å². The highest BCUT2D eigenvalue weighted by molar-refractivity contribution is 6.35. The van der Waals surface area contributed by atoms with Crippen molar-refractivity contribution in [2.75, 3.05) is 6.54 Å². The van der Waals surface area contributed by atoms with E-state index in [2.05, 4.69) is 17.3 Å². The standard InChI is InChI=1S/C29H45Cl2N3O2/c1-2-3-4-5-6-7-8-9-10-11-12-13-14-15-16-17-21-32-29(35)27-20-22-34(33-27)24-36-28-19-18-25(30)23-26(28)31/h18-20,22-23H,2-17,21,24H2,1H3,(H,32,35). The average Bonchev–Trinajstić information content (AvgIpc) is 3.34. The van der Waals surface area contributed by atoms with Crippen LogP contribution in [0.3, 0.4) is 0 Å². The third kappa shape index (κ3) is 13.5. The molecule has 36 heavy (non-hydrogen) atoms. The molecule has 1 aromatic heterocycles. The zero-order chi connectivity index (χ0) is 25.8. The summed E-state index contributed by atoms with van der Waals surface area (Å²) in [5, 5.41) is 8.22. The number of hydrogen-bond donors (Lipinski definition) is 1. The SMILES string of the molecule is CCCCCCCCCCCCCCCCCCNC(=O)c1ccn(COc2ccc(Cl)cc2Cl)n1. The molecule has 0 aliphatic heterocycles. The second kappa shape index (κ2) is 19.4. The van der Waals surface area contributed by atoms with Crippen molar-refractivity contribution in [3.05, 3.63) is 46.2 Å². The molecule has 0 saturated heterocycles. The van der Waals surface area contributed by atoms with Crippen LogP contribution in [0, 0.1) is 0 Å². The summed E-state index contributed by atoms with van der Waals surface area (Å²) in [6.07, 6.45) is 23.2. The highest BCUT2D eigenvalue weighted by Crippen LogP contribution is 2.27. The van der Waals surface area contributed by atoms with E-state index in [1.165, 1.54) is 89.9 Å². The minimum atomic E-state index is -0.153. The van der Waals surface area contributed by atoms with Gasteiger partial charge in [0.1, 0.15) is 11.4 Å². The summed E-state index contributed by atoms with van der Waals surface area (Å²) >= 11 is 12.0. The zero-order valence-electron chi connectivity index (χ0n) is 22.1. The largest absolute Gasteiger partial charge is 0.470 e. The van der Waals surface area contributed by atoms with E-state index in [9.17, 15) is 4.79 Å².